The number of hydrogen-bond acceptors (Lipinski definition) is 6. The van der Waals surface area contributed by atoms with E-state index in [1.54, 1.807) is 12.3 Å². The van der Waals surface area contributed by atoms with Crippen molar-refractivity contribution >= 4 is 55.9 Å². The zero-order valence-corrected chi connectivity index (χ0v) is 17.6. The van der Waals surface area contributed by atoms with Gasteiger partial charge in [0, 0.05) is 35.0 Å². The van der Waals surface area contributed by atoms with Crippen LogP contribution in [0.15, 0.2) is 54.5 Å². The first-order chi connectivity index (χ1) is 13.9. The van der Waals surface area contributed by atoms with Crippen molar-refractivity contribution in [1.82, 2.24) is 4.98 Å². The maximum atomic E-state index is 13.9. The third kappa shape index (κ3) is 5.16. The summed E-state index contributed by atoms with van der Waals surface area (Å²) in [6.45, 7) is 5.81. The molecule has 8 heteroatoms. The van der Waals surface area contributed by atoms with Crippen LogP contribution in [-0.2, 0) is 0 Å². The van der Waals surface area contributed by atoms with E-state index in [4.69, 9.17) is 5.73 Å². The summed E-state index contributed by atoms with van der Waals surface area (Å²) < 4.78 is 27.0. The van der Waals surface area contributed by atoms with Gasteiger partial charge in [0.1, 0.15) is 17.5 Å². The Hall–Kier alpha value is -2.84. The van der Waals surface area contributed by atoms with Crippen molar-refractivity contribution < 1.29 is 8.78 Å². The highest BCUT2D eigenvalue weighted by Crippen LogP contribution is 2.39. The van der Waals surface area contributed by atoms with Crippen molar-refractivity contribution in [1.29, 1.82) is 0 Å². The summed E-state index contributed by atoms with van der Waals surface area (Å²) in [6, 6.07) is 11.3. The normalized spacial score (nSPS) is 11.4. The molecule has 1 aromatic heterocycles. The zero-order valence-electron chi connectivity index (χ0n) is 15.9. The van der Waals surface area contributed by atoms with Crippen LogP contribution >= 0.6 is 23.1 Å². The first kappa shape index (κ1) is 20.9. The van der Waals surface area contributed by atoms with Gasteiger partial charge in [0.15, 0.2) is 5.13 Å². The Morgan fingerprint density at radius 2 is 1.86 bits per heavy atom. The second kappa shape index (κ2) is 9.11. The third-order valence-electron chi connectivity index (χ3n) is 4.07. The topological polar surface area (TPSA) is 63.0 Å². The molecule has 0 amide bonds. The number of thioether (sulfide) groups is 1. The lowest BCUT2D eigenvalue weighted by molar-refractivity contribution is 0.581. The van der Waals surface area contributed by atoms with Crippen LogP contribution in [0.5, 0.6) is 0 Å². The van der Waals surface area contributed by atoms with Crippen LogP contribution in [0.4, 0.5) is 31.1 Å². The quantitative estimate of drug-likeness (QED) is 0.396. The van der Waals surface area contributed by atoms with Gasteiger partial charge in [-0.15, -0.1) is 0 Å². The van der Waals surface area contributed by atoms with Gasteiger partial charge < -0.3 is 16.4 Å². The lowest BCUT2D eigenvalue weighted by atomic mass is 10.1. The second-order valence-electron chi connectivity index (χ2n) is 6.15. The van der Waals surface area contributed by atoms with Gasteiger partial charge in [0.25, 0.3) is 0 Å². The fraction of sp³-hybridized carbons (Fsp3) is 0.0952. The number of nitrogens with zero attached hydrogens (tertiary/aromatic N) is 1. The predicted molar refractivity (Wildman–Crippen MR) is 122 cm³/mol. The number of hydrogen-bond donors (Lipinski definition) is 3. The molecule has 0 unspecified atom stereocenters. The van der Waals surface area contributed by atoms with Crippen molar-refractivity contribution in [2.24, 2.45) is 0 Å². The van der Waals surface area contributed by atoms with Crippen LogP contribution in [-0.4, -0.2) is 12.0 Å². The van der Waals surface area contributed by atoms with E-state index >= 15 is 0 Å². The fourth-order valence-corrected chi connectivity index (χ4v) is 4.21. The minimum absolute atomic E-state index is 0.344. The lowest BCUT2D eigenvalue weighted by Crippen LogP contribution is -1.92. The molecule has 0 saturated heterocycles. The van der Waals surface area contributed by atoms with Crippen molar-refractivity contribution in [3.63, 3.8) is 0 Å². The van der Waals surface area contributed by atoms with Crippen LogP contribution in [0.2, 0.25) is 0 Å². The van der Waals surface area contributed by atoms with Crippen LogP contribution < -0.4 is 16.4 Å². The molecule has 3 rings (SSSR count). The monoisotopic (exact) mass is 430 g/mol. The van der Waals surface area contributed by atoms with E-state index < -0.39 is 11.6 Å². The molecule has 150 valence electrons. The number of halogens is 2. The van der Waals surface area contributed by atoms with E-state index in [2.05, 4.69) is 22.2 Å². The van der Waals surface area contributed by atoms with E-state index in [-0.39, 0.29) is 0 Å². The molecule has 4 nitrogen and oxygen atoms in total. The first-order valence-electron chi connectivity index (χ1n) is 8.66. The number of nitrogen functional groups attached to an aromatic ring is 1. The molecule has 0 bridgehead atoms. The lowest BCUT2D eigenvalue weighted by Gasteiger charge is -2.05. The molecule has 0 radical (unpaired) electrons. The highest BCUT2D eigenvalue weighted by molar-refractivity contribution is 8.11. The van der Waals surface area contributed by atoms with Gasteiger partial charge in [-0.25, -0.2) is 13.8 Å². The second-order valence-corrected chi connectivity index (χ2v) is 8.12. The highest BCUT2D eigenvalue weighted by atomic mass is 32.2. The summed E-state index contributed by atoms with van der Waals surface area (Å²) in [4.78, 5) is 5.79. The van der Waals surface area contributed by atoms with Crippen molar-refractivity contribution in [2.45, 2.75) is 6.92 Å². The molecule has 2 aromatic carbocycles. The minimum Gasteiger partial charge on any atom is -0.388 e. The average molecular weight is 431 g/mol. The van der Waals surface area contributed by atoms with Gasteiger partial charge in [0.2, 0.25) is 0 Å². The maximum absolute atomic E-state index is 13.9. The Labute approximate surface area is 176 Å². The zero-order chi connectivity index (χ0) is 21.0. The summed E-state index contributed by atoms with van der Waals surface area (Å²) >= 11 is 2.71. The Bertz CT molecular complexity index is 1060. The number of benzene rings is 2. The fourth-order valence-electron chi connectivity index (χ4n) is 2.51. The molecule has 0 aliphatic rings. The number of thiazole rings is 1. The molecule has 0 aliphatic heterocycles. The molecule has 0 aliphatic carbocycles. The highest BCUT2D eigenvalue weighted by Gasteiger charge is 2.13. The molecule has 0 atom stereocenters. The van der Waals surface area contributed by atoms with Crippen LogP contribution in [0, 0.1) is 11.6 Å². The van der Waals surface area contributed by atoms with Crippen LogP contribution in [0.3, 0.4) is 0 Å². The molecule has 4 N–H and O–H groups in total. The molecular formula is C21H20F2N4S2. The van der Waals surface area contributed by atoms with E-state index in [1.165, 1.54) is 35.2 Å². The Morgan fingerprint density at radius 1 is 1.17 bits per heavy atom. The number of allylic oxidation sites excluding steroid dienone is 1. The number of rotatable bonds is 7. The van der Waals surface area contributed by atoms with Gasteiger partial charge in [-0.05, 0) is 54.3 Å². The Balaban J connectivity index is 1.70. The SMILES string of the molecule is C=C(S/C=C(\C)c1ccc(F)cc1F)c1sc(Nc2ccc(NC)cc2)nc1N. The van der Waals surface area contributed by atoms with Crippen LogP contribution in [0.1, 0.15) is 17.4 Å². The number of anilines is 4. The maximum Gasteiger partial charge on any atom is 0.189 e. The van der Waals surface area contributed by atoms with Crippen molar-refractivity contribution in [2.75, 3.05) is 23.4 Å². The smallest absolute Gasteiger partial charge is 0.189 e. The van der Waals surface area contributed by atoms with Gasteiger partial charge in [-0.2, -0.15) is 0 Å². The van der Waals surface area contributed by atoms with E-state index in [1.807, 2.05) is 31.3 Å². The predicted octanol–water partition coefficient (Wildman–Crippen LogP) is 6.55. The molecule has 0 saturated carbocycles. The summed E-state index contributed by atoms with van der Waals surface area (Å²) in [5, 5.41) is 8.71. The molecule has 0 spiro atoms. The van der Waals surface area contributed by atoms with E-state index in [0.717, 1.165) is 22.3 Å². The largest absolute Gasteiger partial charge is 0.388 e. The molecule has 29 heavy (non-hydrogen) atoms. The molecule has 1 heterocycles. The molecular weight excluding hydrogens is 410 g/mol. The van der Waals surface area contributed by atoms with E-state index in [0.29, 0.717) is 27.0 Å². The van der Waals surface area contributed by atoms with Crippen molar-refractivity contribution in [3.8, 4) is 0 Å². The van der Waals surface area contributed by atoms with Crippen LogP contribution in [0.25, 0.3) is 10.5 Å². The number of nitrogens with one attached hydrogen (secondary N) is 2. The summed E-state index contributed by atoms with van der Waals surface area (Å²) in [7, 11) is 1.86. The molecule has 3 aromatic rings. The molecule has 0 fully saturated rings. The van der Waals surface area contributed by atoms with Gasteiger partial charge in [-0.1, -0.05) is 29.7 Å². The minimum atomic E-state index is -0.603. The summed E-state index contributed by atoms with van der Waals surface area (Å²) in [6.07, 6.45) is 0. The van der Waals surface area contributed by atoms with Gasteiger partial charge in [0.05, 0.1) is 4.88 Å². The first-order valence-corrected chi connectivity index (χ1v) is 10.4. The average Bonchev–Trinajstić information content (AvgIpc) is 3.06. The Morgan fingerprint density at radius 3 is 2.52 bits per heavy atom. The Kier molecular flexibility index (Phi) is 6.56. The summed E-state index contributed by atoms with van der Waals surface area (Å²) in [5.74, 6) is -0.826. The van der Waals surface area contributed by atoms with Gasteiger partial charge >= 0.3 is 0 Å². The standard InChI is InChI=1S/C21H20F2N4S2/c1-12(17-9-4-14(22)10-18(17)23)11-28-13(2)19-20(24)27-21(29-19)26-16-7-5-15(25-3)6-8-16/h4-11,25H,2,24H2,1,3H3,(H,26,27)/b12-11+. The third-order valence-corrected chi connectivity index (χ3v) is 6.20. The van der Waals surface area contributed by atoms with Crippen molar-refractivity contribution in [3.05, 3.63) is 76.5 Å². The van der Waals surface area contributed by atoms with Gasteiger partial charge in [-0.3, -0.25) is 0 Å². The summed E-state index contributed by atoms with van der Waals surface area (Å²) in [5.41, 5.74) is 8.97. The number of aromatic nitrogens is 1. The number of nitrogens with two attached hydrogens (primary N) is 1. The van der Waals surface area contributed by atoms with E-state index in [9.17, 15) is 8.78 Å².